The van der Waals surface area contributed by atoms with E-state index in [-0.39, 0.29) is 12.6 Å². The molecule has 2 rings (SSSR count). The lowest BCUT2D eigenvalue weighted by Gasteiger charge is -2.18. The highest BCUT2D eigenvalue weighted by atomic mass is 35.5. The number of carboxylic acids is 1. The second-order valence-corrected chi connectivity index (χ2v) is 5.55. The van der Waals surface area contributed by atoms with Crippen molar-refractivity contribution < 1.29 is 19.4 Å². The molecule has 1 aliphatic rings. The maximum atomic E-state index is 12.1. The Morgan fingerprint density at radius 1 is 1.50 bits per heavy atom. The normalized spacial score (nSPS) is 17.4. The molecule has 0 bridgehead atoms. The largest absolute Gasteiger partial charge is 0.493 e. The number of halogens is 1. The molecule has 0 aliphatic carbocycles. The molecule has 0 spiro atoms. The van der Waals surface area contributed by atoms with Crippen LogP contribution in [-0.2, 0) is 11.3 Å². The molecule has 22 heavy (non-hydrogen) atoms. The molecule has 1 aliphatic heterocycles. The summed E-state index contributed by atoms with van der Waals surface area (Å²) in [5.74, 6) is -0.688. The lowest BCUT2D eigenvalue weighted by atomic mass is 10.1. The van der Waals surface area contributed by atoms with E-state index in [1.165, 1.54) is 4.90 Å². The number of nitrogens with one attached hydrogen (secondary N) is 1. The number of aliphatic carboxylic acids is 1. The van der Waals surface area contributed by atoms with Crippen LogP contribution in [0.15, 0.2) is 18.2 Å². The lowest BCUT2D eigenvalue weighted by molar-refractivity contribution is -0.141. The Labute approximate surface area is 134 Å². The third-order valence-electron chi connectivity index (χ3n) is 3.58. The maximum Gasteiger partial charge on any atom is 0.317 e. The molecule has 2 N–H and O–H groups in total. The van der Waals surface area contributed by atoms with Gasteiger partial charge in [-0.25, -0.2) is 4.79 Å². The van der Waals surface area contributed by atoms with Crippen LogP contribution in [0.5, 0.6) is 5.75 Å². The number of ether oxygens (including phenoxy) is 1. The van der Waals surface area contributed by atoms with Crippen LogP contribution >= 0.6 is 11.6 Å². The minimum Gasteiger partial charge on any atom is -0.493 e. The maximum absolute atomic E-state index is 12.1. The number of benzene rings is 1. The van der Waals surface area contributed by atoms with E-state index >= 15 is 0 Å². The Kier molecular flexibility index (Phi) is 5.49. The molecular weight excluding hydrogens is 308 g/mol. The molecule has 0 saturated carbocycles. The van der Waals surface area contributed by atoms with Crippen LogP contribution in [0, 0.1) is 5.92 Å². The van der Waals surface area contributed by atoms with Gasteiger partial charge in [0.2, 0.25) is 0 Å². The van der Waals surface area contributed by atoms with E-state index in [4.69, 9.17) is 21.4 Å². The van der Waals surface area contributed by atoms with Gasteiger partial charge < -0.3 is 20.1 Å². The summed E-state index contributed by atoms with van der Waals surface area (Å²) in [5, 5.41) is 12.3. The lowest BCUT2D eigenvalue weighted by Crippen LogP contribution is -2.38. The molecule has 0 aromatic heterocycles. The summed E-state index contributed by atoms with van der Waals surface area (Å²) in [6.45, 7) is 3.40. The second-order valence-electron chi connectivity index (χ2n) is 5.11. The second kappa shape index (κ2) is 7.35. The SMILES string of the molecule is CCOc1cc(Cl)ccc1CNC(=O)N1CCC(C(=O)O)C1. The summed E-state index contributed by atoms with van der Waals surface area (Å²) in [6, 6.07) is 4.99. The first-order valence-electron chi connectivity index (χ1n) is 7.18. The first-order valence-corrected chi connectivity index (χ1v) is 7.56. The molecule has 2 amide bonds. The van der Waals surface area contributed by atoms with Gasteiger partial charge in [-0.15, -0.1) is 0 Å². The third kappa shape index (κ3) is 4.04. The summed E-state index contributed by atoms with van der Waals surface area (Å²) in [6.07, 6.45) is 0.494. The van der Waals surface area contributed by atoms with Crippen LogP contribution in [0.3, 0.4) is 0 Å². The fourth-order valence-electron chi connectivity index (χ4n) is 2.39. The molecule has 120 valence electrons. The third-order valence-corrected chi connectivity index (χ3v) is 3.82. The minimum absolute atomic E-state index is 0.250. The first kappa shape index (κ1) is 16.4. The quantitative estimate of drug-likeness (QED) is 0.870. The summed E-state index contributed by atoms with van der Waals surface area (Å²) in [7, 11) is 0. The first-order chi connectivity index (χ1) is 10.5. The van der Waals surface area contributed by atoms with E-state index in [0.29, 0.717) is 36.9 Å². The number of likely N-dealkylation sites (tertiary alicyclic amines) is 1. The van der Waals surface area contributed by atoms with E-state index in [0.717, 1.165) is 5.56 Å². The van der Waals surface area contributed by atoms with Crippen molar-refractivity contribution in [2.24, 2.45) is 5.92 Å². The Bertz CT molecular complexity index is 564. The zero-order valence-electron chi connectivity index (χ0n) is 12.3. The van der Waals surface area contributed by atoms with Gasteiger partial charge in [-0.05, 0) is 25.5 Å². The van der Waals surface area contributed by atoms with E-state index in [2.05, 4.69) is 5.32 Å². The van der Waals surface area contributed by atoms with Gasteiger partial charge in [0.15, 0.2) is 0 Å². The fourth-order valence-corrected chi connectivity index (χ4v) is 2.56. The highest BCUT2D eigenvalue weighted by Gasteiger charge is 2.30. The standard InChI is InChI=1S/C15H19ClN2O4/c1-2-22-13-7-12(16)4-3-10(13)8-17-15(21)18-6-5-11(9-18)14(19)20/h3-4,7,11H,2,5-6,8-9H2,1H3,(H,17,21)(H,19,20). The minimum atomic E-state index is -0.855. The summed E-state index contributed by atoms with van der Waals surface area (Å²) in [4.78, 5) is 24.5. The van der Waals surface area contributed by atoms with E-state index in [1.807, 2.05) is 6.92 Å². The molecule has 1 saturated heterocycles. The van der Waals surface area contributed by atoms with Crippen molar-refractivity contribution >= 4 is 23.6 Å². The average molecular weight is 327 g/mol. The van der Waals surface area contributed by atoms with Crippen LogP contribution in [-0.4, -0.2) is 41.7 Å². The van der Waals surface area contributed by atoms with Crippen LogP contribution in [0.25, 0.3) is 0 Å². The van der Waals surface area contributed by atoms with E-state index in [1.54, 1.807) is 18.2 Å². The monoisotopic (exact) mass is 326 g/mol. The van der Waals surface area contributed by atoms with E-state index in [9.17, 15) is 9.59 Å². The van der Waals surface area contributed by atoms with Gasteiger partial charge in [0.1, 0.15) is 5.75 Å². The molecule has 1 unspecified atom stereocenters. The van der Waals surface area contributed by atoms with Crippen molar-refractivity contribution in [3.05, 3.63) is 28.8 Å². The zero-order valence-corrected chi connectivity index (χ0v) is 13.1. The van der Waals surface area contributed by atoms with Crippen LogP contribution in [0.1, 0.15) is 18.9 Å². The van der Waals surface area contributed by atoms with Gasteiger partial charge in [-0.2, -0.15) is 0 Å². The predicted octanol–water partition coefficient (Wildman–Crippen LogP) is 2.35. The Hall–Kier alpha value is -1.95. The van der Waals surface area contributed by atoms with Gasteiger partial charge in [0.25, 0.3) is 0 Å². The molecule has 0 radical (unpaired) electrons. The van der Waals surface area contributed by atoms with Crippen molar-refractivity contribution in [2.75, 3.05) is 19.7 Å². The van der Waals surface area contributed by atoms with Crippen LogP contribution in [0.2, 0.25) is 5.02 Å². The van der Waals surface area contributed by atoms with Gasteiger partial charge in [0, 0.05) is 30.2 Å². The number of urea groups is 1. The van der Waals surface area contributed by atoms with Gasteiger partial charge in [0.05, 0.1) is 12.5 Å². The molecule has 1 aromatic rings. The highest BCUT2D eigenvalue weighted by molar-refractivity contribution is 6.30. The predicted molar refractivity (Wildman–Crippen MR) is 82.2 cm³/mol. The summed E-state index contributed by atoms with van der Waals surface area (Å²) >= 11 is 5.93. The molecule has 1 fully saturated rings. The van der Waals surface area contributed by atoms with Crippen molar-refractivity contribution in [1.29, 1.82) is 0 Å². The number of hydrogen-bond acceptors (Lipinski definition) is 3. The van der Waals surface area contributed by atoms with Gasteiger partial charge >= 0.3 is 12.0 Å². The number of nitrogens with zero attached hydrogens (tertiary/aromatic N) is 1. The number of rotatable bonds is 5. The van der Waals surface area contributed by atoms with Crippen LogP contribution in [0.4, 0.5) is 4.79 Å². The summed E-state index contributed by atoms with van der Waals surface area (Å²) < 4.78 is 5.50. The molecule has 1 atom stereocenters. The van der Waals surface area contributed by atoms with Gasteiger partial charge in [-0.3, -0.25) is 4.79 Å². The topological polar surface area (TPSA) is 78.9 Å². The fraction of sp³-hybridized carbons (Fsp3) is 0.467. The van der Waals surface area contributed by atoms with E-state index < -0.39 is 11.9 Å². The Morgan fingerprint density at radius 2 is 2.27 bits per heavy atom. The van der Waals surface area contributed by atoms with Crippen molar-refractivity contribution in [1.82, 2.24) is 10.2 Å². The van der Waals surface area contributed by atoms with Crippen LogP contribution < -0.4 is 10.1 Å². The number of hydrogen-bond donors (Lipinski definition) is 2. The number of amides is 2. The molecular formula is C15H19ClN2O4. The summed E-state index contributed by atoms with van der Waals surface area (Å²) in [5.41, 5.74) is 0.827. The van der Waals surface area contributed by atoms with Gasteiger partial charge in [-0.1, -0.05) is 17.7 Å². The number of carboxylic acid groups (broad SMARTS) is 1. The Balaban J connectivity index is 1.93. The molecule has 6 nitrogen and oxygen atoms in total. The smallest absolute Gasteiger partial charge is 0.317 e. The molecule has 7 heteroatoms. The number of carbonyl (C=O) groups excluding carboxylic acids is 1. The Morgan fingerprint density at radius 3 is 2.91 bits per heavy atom. The molecule has 1 heterocycles. The van der Waals surface area contributed by atoms with Crippen molar-refractivity contribution in [3.63, 3.8) is 0 Å². The molecule has 1 aromatic carbocycles. The average Bonchev–Trinajstić information content (AvgIpc) is 2.96. The number of carbonyl (C=O) groups is 2. The van der Waals surface area contributed by atoms with Crippen molar-refractivity contribution in [3.8, 4) is 5.75 Å². The zero-order chi connectivity index (χ0) is 16.1. The van der Waals surface area contributed by atoms with Crippen molar-refractivity contribution in [2.45, 2.75) is 19.9 Å². The highest BCUT2D eigenvalue weighted by Crippen LogP contribution is 2.23.